The second-order valence-corrected chi connectivity index (χ2v) is 16.4. The van der Waals surface area contributed by atoms with E-state index in [1.807, 2.05) is 6.92 Å². The van der Waals surface area contributed by atoms with Gasteiger partial charge in [-0.15, -0.1) is 0 Å². The number of fused-ring (bicyclic) bond motifs is 10. The molecule has 0 fully saturated rings. The maximum Gasteiger partial charge on any atom is 0.0708 e. The first kappa shape index (κ1) is 36.0. The molecule has 1 unspecified atom stereocenters. The van der Waals surface area contributed by atoms with Crippen LogP contribution in [0.2, 0.25) is 0 Å². The number of benzene rings is 9. The summed E-state index contributed by atoms with van der Waals surface area (Å²) in [6, 6.07) is 73.8. The SMILES string of the molecule is C=C(/C=C\C=C/C)C1(c2ccccc2)c2ccccc2-c2ccc(-c3ccc(-n4c5ccccc5c5ccc(-n6c7ccccc7c7ccccc76)cc54)c4ccccc34)cc21. The Morgan fingerprint density at radius 3 is 1.71 bits per heavy atom. The summed E-state index contributed by atoms with van der Waals surface area (Å²) in [7, 11) is 0. The highest BCUT2D eigenvalue weighted by molar-refractivity contribution is 6.13. The van der Waals surface area contributed by atoms with Crippen molar-refractivity contribution >= 4 is 54.4 Å². The van der Waals surface area contributed by atoms with E-state index in [1.165, 1.54) is 93.3 Å². The van der Waals surface area contributed by atoms with E-state index in [2.05, 4.69) is 234 Å². The molecule has 1 aliphatic rings. The minimum atomic E-state index is -0.561. The summed E-state index contributed by atoms with van der Waals surface area (Å²) in [5, 5.41) is 7.40. The number of nitrogens with zero attached hydrogens (tertiary/aromatic N) is 2. The quantitative estimate of drug-likeness (QED) is 0.142. The van der Waals surface area contributed by atoms with E-state index in [0.29, 0.717) is 0 Å². The first-order chi connectivity index (χ1) is 30.7. The maximum atomic E-state index is 4.82. The highest BCUT2D eigenvalue weighted by Crippen LogP contribution is 2.57. The molecule has 2 heteroatoms. The Kier molecular flexibility index (Phi) is 8.17. The lowest BCUT2D eigenvalue weighted by Gasteiger charge is -2.34. The lowest BCUT2D eigenvalue weighted by molar-refractivity contribution is 0.770. The average Bonchev–Trinajstić information content (AvgIpc) is 3.95. The Labute approximate surface area is 361 Å². The van der Waals surface area contributed by atoms with Crippen LogP contribution in [-0.2, 0) is 5.41 Å². The number of hydrogen-bond donors (Lipinski definition) is 0. The fraction of sp³-hybridized carbons (Fsp3) is 0.0333. The summed E-state index contributed by atoms with van der Waals surface area (Å²) < 4.78 is 4.90. The molecule has 292 valence electrons. The fourth-order valence-corrected chi connectivity index (χ4v) is 10.7. The van der Waals surface area contributed by atoms with E-state index in [0.717, 1.165) is 16.9 Å². The van der Waals surface area contributed by atoms with E-state index in [1.54, 1.807) is 0 Å². The van der Waals surface area contributed by atoms with E-state index in [4.69, 9.17) is 6.58 Å². The maximum absolute atomic E-state index is 4.82. The zero-order valence-electron chi connectivity index (χ0n) is 34.5. The molecule has 1 atom stereocenters. The molecule has 2 nitrogen and oxygen atoms in total. The number of rotatable bonds is 7. The van der Waals surface area contributed by atoms with E-state index < -0.39 is 5.41 Å². The van der Waals surface area contributed by atoms with Crippen LogP contribution in [0.5, 0.6) is 0 Å². The summed E-state index contributed by atoms with van der Waals surface area (Å²) >= 11 is 0. The topological polar surface area (TPSA) is 9.86 Å². The molecular weight excluding hydrogens is 749 g/mol. The van der Waals surface area contributed by atoms with Crippen LogP contribution in [0, 0.1) is 0 Å². The molecule has 0 saturated heterocycles. The molecule has 11 aromatic rings. The Morgan fingerprint density at radius 2 is 1.00 bits per heavy atom. The van der Waals surface area contributed by atoms with Gasteiger partial charge in [-0.25, -0.2) is 0 Å². The summed E-state index contributed by atoms with van der Waals surface area (Å²) in [5.41, 5.74) is 16.2. The van der Waals surface area contributed by atoms with Gasteiger partial charge in [0.1, 0.15) is 0 Å². The smallest absolute Gasteiger partial charge is 0.0708 e. The van der Waals surface area contributed by atoms with Gasteiger partial charge in [0, 0.05) is 32.6 Å². The predicted molar refractivity (Wildman–Crippen MR) is 263 cm³/mol. The molecule has 62 heavy (non-hydrogen) atoms. The van der Waals surface area contributed by atoms with Crippen LogP contribution >= 0.6 is 0 Å². The second kappa shape index (κ2) is 14.1. The summed E-state index contributed by atoms with van der Waals surface area (Å²) in [4.78, 5) is 0. The van der Waals surface area contributed by atoms with Gasteiger partial charge in [0.25, 0.3) is 0 Å². The van der Waals surface area contributed by atoms with Gasteiger partial charge in [0.05, 0.1) is 33.2 Å². The molecule has 0 spiro atoms. The molecule has 2 heterocycles. The molecule has 9 aromatic carbocycles. The van der Waals surface area contributed by atoms with E-state index in [9.17, 15) is 0 Å². The van der Waals surface area contributed by atoms with Crippen molar-refractivity contribution in [3.05, 3.63) is 253 Å². The lowest BCUT2D eigenvalue weighted by Crippen LogP contribution is -2.28. The standard InChI is InChI=1S/C60H42N2/c1-3-4-6-19-40(2)60(42-20-7-5-8-21-42)53-28-15-11-23-46(53)47-34-32-41(38-54(47)60)44-36-37-58(48-24-10-9-22-45(44)48)62-57-31-18-14-27-51(57)52-35-33-43(39-59(52)62)61-55-29-16-12-25-49(55)50-26-13-17-30-56(50)61/h3-39H,2H2,1H3/b4-3-,19-6-. The zero-order valence-corrected chi connectivity index (χ0v) is 34.5. The Hall–Kier alpha value is -7.94. The summed E-state index contributed by atoms with van der Waals surface area (Å²) in [6.07, 6.45) is 8.45. The largest absolute Gasteiger partial charge is 0.309 e. The summed E-state index contributed by atoms with van der Waals surface area (Å²) in [6.45, 7) is 6.87. The zero-order chi connectivity index (χ0) is 41.4. The van der Waals surface area contributed by atoms with Gasteiger partial charge in [0.2, 0.25) is 0 Å². The second-order valence-electron chi connectivity index (χ2n) is 16.4. The molecule has 12 rings (SSSR count). The van der Waals surface area contributed by atoms with Crippen LogP contribution in [-0.4, -0.2) is 9.13 Å². The predicted octanol–water partition coefficient (Wildman–Crippen LogP) is 15.7. The average molecular weight is 791 g/mol. The van der Waals surface area contributed by atoms with Crippen LogP contribution < -0.4 is 0 Å². The van der Waals surface area contributed by atoms with Gasteiger partial charge in [-0.05, 0) is 99.3 Å². The van der Waals surface area contributed by atoms with Crippen LogP contribution in [0.3, 0.4) is 0 Å². The number of allylic oxidation sites excluding steroid dienone is 5. The van der Waals surface area contributed by atoms with Crippen molar-refractivity contribution in [2.75, 3.05) is 0 Å². The molecule has 2 aromatic heterocycles. The third-order valence-corrected chi connectivity index (χ3v) is 13.3. The van der Waals surface area contributed by atoms with Gasteiger partial charge in [-0.3, -0.25) is 0 Å². The Bertz CT molecular complexity index is 3610. The van der Waals surface area contributed by atoms with Crippen molar-refractivity contribution in [3.8, 4) is 33.6 Å². The van der Waals surface area contributed by atoms with Crippen molar-refractivity contribution in [2.24, 2.45) is 0 Å². The van der Waals surface area contributed by atoms with Crippen molar-refractivity contribution in [3.63, 3.8) is 0 Å². The van der Waals surface area contributed by atoms with Crippen LogP contribution in [0.4, 0.5) is 0 Å². The van der Waals surface area contributed by atoms with Crippen molar-refractivity contribution < 1.29 is 0 Å². The molecular formula is C60H42N2. The van der Waals surface area contributed by atoms with Gasteiger partial charge >= 0.3 is 0 Å². The van der Waals surface area contributed by atoms with Gasteiger partial charge < -0.3 is 9.13 Å². The fourth-order valence-electron chi connectivity index (χ4n) is 10.7. The Balaban J connectivity index is 1.08. The normalized spacial score (nSPS) is 14.9. The molecule has 0 N–H and O–H groups in total. The van der Waals surface area contributed by atoms with Crippen LogP contribution in [0.25, 0.3) is 88.0 Å². The van der Waals surface area contributed by atoms with Gasteiger partial charge in [-0.1, -0.05) is 189 Å². The van der Waals surface area contributed by atoms with Crippen molar-refractivity contribution in [1.82, 2.24) is 9.13 Å². The highest BCUT2D eigenvalue weighted by Gasteiger charge is 2.46. The first-order valence-electron chi connectivity index (χ1n) is 21.5. The lowest BCUT2D eigenvalue weighted by atomic mass is 9.67. The van der Waals surface area contributed by atoms with Gasteiger partial charge in [0.15, 0.2) is 0 Å². The van der Waals surface area contributed by atoms with E-state index in [-0.39, 0.29) is 0 Å². The monoisotopic (exact) mass is 790 g/mol. The molecule has 0 amide bonds. The number of aromatic nitrogens is 2. The summed E-state index contributed by atoms with van der Waals surface area (Å²) in [5.74, 6) is 0. The minimum Gasteiger partial charge on any atom is -0.309 e. The minimum absolute atomic E-state index is 0.561. The molecule has 0 bridgehead atoms. The van der Waals surface area contributed by atoms with Crippen molar-refractivity contribution in [1.29, 1.82) is 0 Å². The van der Waals surface area contributed by atoms with Gasteiger partial charge in [-0.2, -0.15) is 0 Å². The third kappa shape index (κ3) is 5.10. The highest BCUT2D eigenvalue weighted by atomic mass is 15.0. The van der Waals surface area contributed by atoms with E-state index >= 15 is 0 Å². The van der Waals surface area contributed by atoms with Crippen molar-refractivity contribution in [2.45, 2.75) is 12.3 Å². The molecule has 1 aliphatic carbocycles. The molecule has 0 aliphatic heterocycles. The number of hydrogen-bond acceptors (Lipinski definition) is 0. The first-order valence-corrected chi connectivity index (χ1v) is 21.5. The molecule has 0 radical (unpaired) electrons. The Morgan fingerprint density at radius 1 is 0.435 bits per heavy atom. The molecule has 0 saturated carbocycles. The van der Waals surface area contributed by atoms with Crippen LogP contribution in [0.1, 0.15) is 23.6 Å². The third-order valence-electron chi connectivity index (χ3n) is 13.3. The number of para-hydroxylation sites is 3. The van der Waals surface area contributed by atoms with Crippen LogP contribution in [0.15, 0.2) is 237 Å².